The summed E-state index contributed by atoms with van der Waals surface area (Å²) < 4.78 is 32.7. The van der Waals surface area contributed by atoms with Crippen molar-refractivity contribution < 1.29 is 18.0 Å². The zero-order valence-electron chi connectivity index (χ0n) is 13.1. The van der Waals surface area contributed by atoms with E-state index in [2.05, 4.69) is 15.5 Å². The van der Waals surface area contributed by atoms with E-state index in [-0.39, 0.29) is 5.22 Å². The number of nitrogens with one attached hydrogen (secondary N) is 1. The summed E-state index contributed by atoms with van der Waals surface area (Å²) in [5.41, 5.74) is 0.280. The molecule has 0 unspecified atom stereocenters. The first kappa shape index (κ1) is 17.1. The Bertz CT molecular complexity index is 866. The number of carbonyl (C=O) groups excluding carboxylic acids is 1. The molecule has 1 aromatic heterocycles. The molecule has 0 radical (unpaired) electrons. The molecule has 0 fully saturated rings. The first-order valence-corrected chi connectivity index (χ1v) is 8.23. The van der Waals surface area contributed by atoms with Crippen molar-refractivity contribution in [1.29, 1.82) is 0 Å². The number of hydrogen-bond acceptors (Lipinski definition) is 5. The predicted octanol–water partition coefficient (Wildman–Crippen LogP) is 4.13. The highest BCUT2D eigenvalue weighted by atomic mass is 32.2. The van der Waals surface area contributed by atoms with Crippen LogP contribution >= 0.6 is 11.8 Å². The fraction of sp³-hybridized carbons (Fsp3) is 0.118. The Morgan fingerprint density at radius 3 is 2.44 bits per heavy atom. The van der Waals surface area contributed by atoms with Crippen LogP contribution in [0.4, 0.5) is 14.5 Å². The van der Waals surface area contributed by atoms with Crippen molar-refractivity contribution in [2.45, 2.75) is 17.4 Å². The number of carbonyl (C=O) groups is 1. The van der Waals surface area contributed by atoms with Crippen molar-refractivity contribution in [2.24, 2.45) is 0 Å². The lowest BCUT2D eigenvalue weighted by Crippen LogP contribution is -2.23. The normalized spacial score (nSPS) is 12.0. The molecule has 1 atom stereocenters. The molecule has 0 bridgehead atoms. The number of nitrogens with zero attached hydrogens (tertiary/aromatic N) is 2. The summed E-state index contributed by atoms with van der Waals surface area (Å²) in [7, 11) is 0. The second-order valence-electron chi connectivity index (χ2n) is 5.09. The van der Waals surface area contributed by atoms with Crippen molar-refractivity contribution in [2.75, 3.05) is 5.32 Å². The van der Waals surface area contributed by atoms with Gasteiger partial charge >= 0.3 is 0 Å². The lowest BCUT2D eigenvalue weighted by Gasteiger charge is -2.11. The van der Waals surface area contributed by atoms with Gasteiger partial charge in [-0.05, 0) is 31.2 Å². The summed E-state index contributed by atoms with van der Waals surface area (Å²) in [5.74, 6) is -1.92. The topological polar surface area (TPSA) is 68.0 Å². The monoisotopic (exact) mass is 361 g/mol. The van der Waals surface area contributed by atoms with E-state index in [1.54, 1.807) is 6.92 Å². The van der Waals surface area contributed by atoms with Crippen LogP contribution in [0.2, 0.25) is 0 Å². The Balaban J connectivity index is 1.67. The van der Waals surface area contributed by atoms with Crippen molar-refractivity contribution in [3.8, 4) is 11.5 Å². The summed E-state index contributed by atoms with van der Waals surface area (Å²) in [6.45, 7) is 1.57. The quantitative estimate of drug-likeness (QED) is 0.692. The van der Waals surface area contributed by atoms with Crippen molar-refractivity contribution in [3.63, 3.8) is 0 Å². The number of benzene rings is 2. The molecule has 3 rings (SSSR count). The van der Waals surface area contributed by atoms with E-state index in [9.17, 15) is 13.6 Å². The minimum absolute atomic E-state index is 0.190. The van der Waals surface area contributed by atoms with Gasteiger partial charge in [0.15, 0.2) is 0 Å². The van der Waals surface area contributed by atoms with Crippen LogP contribution < -0.4 is 5.32 Å². The van der Waals surface area contributed by atoms with Gasteiger partial charge in [-0.1, -0.05) is 36.0 Å². The molecule has 0 aliphatic carbocycles. The van der Waals surface area contributed by atoms with Gasteiger partial charge in [-0.25, -0.2) is 8.78 Å². The van der Waals surface area contributed by atoms with Crippen LogP contribution in [0.1, 0.15) is 6.92 Å². The number of thioether (sulfide) groups is 1. The van der Waals surface area contributed by atoms with E-state index in [4.69, 9.17) is 4.42 Å². The third kappa shape index (κ3) is 4.03. The van der Waals surface area contributed by atoms with Crippen LogP contribution in [0.25, 0.3) is 11.5 Å². The predicted molar refractivity (Wildman–Crippen MR) is 90.0 cm³/mol. The van der Waals surface area contributed by atoms with Gasteiger partial charge in [0.1, 0.15) is 17.3 Å². The third-order valence-electron chi connectivity index (χ3n) is 3.28. The lowest BCUT2D eigenvalue weighted by atomic mass is 10.2. The molecule has 1 N–H and O–H groups in total. The molecule has 3 aromatic rings. The second-order valence-corrected chi connectivity index (χ2v) is 6.38. The molecule has 0 saturated carbocycles. The van der Waals surface area contributed by atoms with E-state index in [0.29, 0.717) is 5.89 Å². The second kappa shape index (κ2) is 7.43. The summed E-state index contributed by atoms with van der Waals surface area (Å²) in [6.07, 6.45) is 0. The molecule has 1 heterocycles. The zero-order valence-corrected chi connectivity index (χ0v) is 13.9. The van der Waals surface area contributed by atoms with E-state index >= 15 is 0 Å². The summed E-state index contributed by atoms with van der Waals surface area (Å²) in [4.78, 5) is 12.1. The van der Waals surface area contributed by atoms with Crippen LogP contribution in [0.3, 0.4) is 0 Å². The van der Waals surface area contributed by atoms with Crippen LogP contribution in [0, 0.1) is 11.6 Å². The highest BCUT2D eigenvalue weighted by molar-refractivity contribution is 8.00. The average molecular weight is 361 g/mol. The Hall–Kier alpha value is -2.74. The van der Waals surface area contributed by atoms with Crippen LogP contribution in [0.5, 0.6) is 0 Å². The van der Waals surface area contributed by atoms with Gasteiger partial charge in [0, 0.05) is 5.56 Å². The molecule has 0 saturated heterocycles. The van der Waals surface area contributed by atoms with Gasteiger partial charge in [-0.2, -0.15) is 0 Å². The van der Waals surface area contributed by atoms with Crippen LogP contribution in [0.15, 0.2) is 58.2 Å². The van der Waals surface area contributed by atoms with Gasteiger partial charge in [0.05, 0.1) is 5.25 Å². The lowest BCUT2D eigenvalue weighted by molar-refractivity contribution is -0.115. The first-order chi connectivity index (χ1) is 12.0. The zero-order chi connectivity index (χ0) is 17.8. The number of hydrogen-bond donors (Lipinski definition) is 1. The Morgan fingerprint density at radius 2 is 1.76 bits per heavy atom. The minimum Gasteiger partial charge on any atom is -0.411 e. The maximum absolute atomic E-state index is 13.6. The molecule has 0 aliphatic heterocycles. The van der Waals surface area contributed by atoms with Gasteiger partial charge in [-0.15, -0.1) is 10.2 Å². The summed E-state index contributed by atoms with van der Waals surface area (Å²) in [6, 6.07) is 12.5. The van der Waals surface area contributed by atoms with Gasteiger partial charge in [-0.3, -0.25) is 4.79 Å². The fourth-order valence-electron chi connectivity index (χ4n) is 2.00. The number of para-hydroxylation sites is 1. The Kier molecular flexibility index (Phi) is 5.08. The highest BCUT2D eigenvalue weighted by Gasteiger charge is 2.21. The Labute approximate surface area is 146 Å². The molecule has 2 aromatic carbocycles. The number of aromatic nitrogens is 2. The SMILES string of the molecule is C[C@@H](Sc1nnc(-c2ccccc2)o1)C(=O)Nc1c(F)cccc1F. The van der Waals surface area contributed by atoms with Crippen molar-refractivity contribution in [3.05, 3.63) is 60.2 Å². The van der Waals surface area contributed by atoms with Gasteiger partial charge in [0.2, 0.25) is 11.8 Å². The maximum Gasteiger partial charge on any atom is 0.277 e. The molecular weight excluding hydrogens is 348 g/mol. The van der Waals surface area contributed by atoms with E-state index < -0.39 is 28.5 Å². The molecule has 128 valence electrons. The molecule has 25 heavy (non-hydrogen) atoms. The van der Waals surface area contributed by atoms with Crippen LogP contribution in [-0.2, 0) is 4.79 Å². The Morgan fingerprint density at radius 1 is 1.08 bits per heavy atom. The standard InChI is InChI=1S/C17H13F2N3O2S/c1-10(15(23)20-14-12(18)8-5-9-13(14)19)25-17-22-21-16(24-17)11-6-3-2-4-7-11/h2-10H,1H3,(H,20,23)/t10-/m1/s1. The number of rotatable bonds is 5. The van der Waals surface area contributed by atoms with E-state index in [0.717, 1.165) is 29.5 Å². The molecule has 8 heteroatoms. The molecular formula is C17H13F2N3O2S. The fourth-order valence-corrected chi connectivity index (χ4v) is 2.69. The molecule has 1 amide bonds. The van der Waals surface area contributed by atoms with Gasteiger partial charge < -0.3 is 9.73 Å². The van der Waals surface area contributed by atoms with Crippen molar-refractivity contribution in [1.82, 2.24) is 10.2 Å². The summed E-state index contributed by atoms with van der Waals surface area (Å²) in [5, 5.41) is 9.53. The number of halogens is 2. The summed E-state index contributed by atoms with van der Waals surface area (Å²) >= 11 is 1.00. The largest absolute Gasteiger partial charge is 0.411 e. The third-order valence-corrected chi connectivity index (χ3v) is 4.22. The van der Waals surface area contributed by atoms with E-state index in [1.165, 1.54) is 6.07 Å². The number of anilines is 1. The smallest absolute Gasteiger partial charge is 0.277 e. The first-order valence-electron chi connectivity index (χ1n) is 7.35. The number of amides is 1. The highest BCUT2D eigenvalue weighted by Crippen LogP contribution is 2.27. The maximum atomic E-state index is 13.6. The minimum atomic E-state index is -0.838. The van der Waals surface area contributed by atoms with Gasteiger partial charge in [0.25, 0.3) is 5.22 Å². The molecule has 0 spiro atoms. The van der Waals surface area contributed by atoms with E-state index in [1.807, 2.05) is 30.3 Å². The van der Waals surface area contributed by atoms with Crippen LogP contribution in [-0.4, -0.2) is 21.4 Å². The van der Waals surface area contributed by atoms with Crippen molar-refractivity contribution >= 4 is 23.4 Å². The average Bonchev–Trinajstić information content (AvgIpc) is 3.07. The molecule has 0 aliphatic rings. The molecule has 5 nitrogen and oxygen atoms in total.